The maximum atomic E-state index is 12.0. The maximum Gasteiger partial charge on any atom is 0.242 e. The van der Waals surface area contributed by atoms with Gasteiger partial charge in [0.1, 0.15) is 4.90 Å². The van der Waals surface area contributed by atoms with Crippen LogP contribution in [0.1, 0.15) is 12.8 Å². The highest BCUT2D eigenvalue weighted by atomic mass is 35.5. The Morgan fingerprint density at radius 2 is 2.11 bits per heavy atom. The first-order valence-corrected chi connectivity index (χ1v) is 7.37. The van der Waals surface area contributed by atoms with Crippen LogP contribution in [0.4, 0.5) is 5.69 Å². The lowest BCUT2D eigenvalue weighted by atomic mass is 10.3. The second-order valence-corrected chi connectivity index (χ2v) is 5.93. The molecule has 5 nitrogen and oxygen atoms in total. The molecule has 1 aromatic carbocycles. The third-order valence-electron chi connectivity index (χ3n) is 2.31. The minimum absolute atomic E-state index is 0.0101. The van der Waals surface area contributed by atoms with Crippen molar-refractivity contribution in [3.05, 3.63) is 23.2 Å². The number of halogens is 1. The molecule has 7 heteroatoms. The molecule has 0 atom stereocenters. The number of hydrogen-bond donors (Lipinski definition) is 2. The monoisotopic (exact) mass is 292 g/mol. The zero-order chi connectivity index (χ0) is 13.6. The van der Waals surface area contributed by atoms with E-state index in [2.05, 4.69) is 4.72 Å². The van der Waals surface area contributed by atoms with Crippen LogP contribution in [-0.4, -0.2) is 28.7 Å². The molecule has 0 aliphatic carbocycles. The van der Waals surface area contributed by atoms with Crippen LogP contribution in [0.5, 0.6) is 0 Å². The van der Waals surface area contributed by atoms with E-state index in [1.807, 2.05) is 0 Å². The quantitative estimate of drug-likeness (QED) is 0.591. The molecule has 0 aliphatic rings. The van der Waals surface area contributed by atoms with E-state index in [1.165, 1.54) is 12.1 Å². The van der Waals surface area contributed by atoms with E-state index in [4.69, 9.17) is 22.1 Å². The molecule has 0 aliphatic heterocycles. The zero-order valence-corrected chi connectivity index (χ0v) is 11.7. The Morgan fingerprint density at radius 1 is 1.39 bits per heavy atom. The first kappa shape index (κ1) is 15.2. The van der Waals surface area contributed by atoms with Gasteiger partial charge in [-0.05, 0) is 31.0 Å². The summed E-state index contributed by atoms with van der Waals surface area (Å²) in [6.07, 6.45) is 1.50. The number of rotatable bonds is 7. The average Bonchev–Trinajstić information content (AvgIpc) is 2.32. The van der Waals surface area contributed by atoms with Gasteiger partial charge in [-0.15, -0.1) is 0 Å². The molecule has 0 bridgehead atoms. The standard InChI is InChI=1S/C11H17ClN2O3S/c1-17-7-3-2-6-14-18(15,16)11-8-9(13)4-5-10(11)12/h4-5,8,14H,2-3,6-7,13H2,1H3. The number of nitrogen functional groups attached to an aromatic ring is 1. The molecule has 0 spiro atoms. The third-order valence-corrected chi connectivity index (χ3v) is 4.25. The van der Waals surface area contributed by atoms with E-state index in [1.54, 1.807) is 13.2 Å². The highest BCUT2D eigenvalue weighted by Gasteiger charge is 2.17. The fraction of sp³-hybridized carbons (Fsp3) is 0.455. The first-order valence-electron chi connectivity index (χ1n) is 5.51. The molecule has 0 heterocycles. The molecule has 0 radical (unpaired) electrons. The van der Waals surface area contributed by atoms with Crippen LogP contribution < -0.4 is 10.5 Å². The van der Waals surface area contributed by atoms with Gasteiger partial charge in [0.05, 0.1) is 5.02 Å². The van der Waals surface area contributed by atoms with E-state index < -0.39 is 10.0 Å². The van der Waals surface area contributed by atoms with Crippen LogP contribution >= 0.6 is 11.6 Å². The van der Waals surface area contributed by atoms with Crippen molar-refractivity contribution in [2.24, 2.45) is 0 Å². The van der Waals surface area contributed by atoms with Gasteiger partial charge in [-0.25, -0.2) is 13.1 Å². The molecule has 18 heavy (non-hydrogen) atoms. The number of unbranched alkanes of at least 4 members (excludes halogenated alkanes) is 1. The molecule has 0 unspecified atom stereocenters. The van der Waals surface area contributed by atoms with Crippen LogP contribution in [0.2, 0.25) is 5.02 Å². The number of methoxy groups -OCH3 is 1. The van der Waals surface area contributed by atoms with Gasteiger partial charge in [-0.2, -0.15) is 0 Å². The lowest BCUT2D eigenvalue weighted by Crippen LogP contribution is -2.25. The number of hydrogen-bond acceptors (Lipinski definition) is 4. The number of ether oxygens (including phenoxy) is 1. The summed E-state index contributed by atoms with van der Waals surface area (Å²) in [5, 5.41) is 0.161. The Kier molecular flexibility index (Phi) is 5.87. The fourth-order valence-electron chi connectivity index (χ4n) is 1.38. The number of sulfonamides is 1. The molecule has 0 amide bonds. The van der Waals surface area contributed by atoms with E-state index in [-0.39, 0.29) is 9.92 Å². The van der Waals surface area contributed by atoms with Crippen LogP contribution in [-0.2, 0) is 14.8 Å². The van der Waals surface area contributed by atoms with Gasteiger partial charge in [0, 0.05) is 25.9 Å². The van der Waals surface area contributed by atoms with Crippen LogP contribution in [0, 0.1) is 0 Å². The molecule has 0 fully saturated rings. The van der Waals surface area contributed by atoms with Crippen LogP contribution in [0.25, 0.3) is 0 Å². The first-order chi connectivity index (χ1) is 8.47. The second-order valence-electron chi connectivity index (χ2n) is 3.79. The fourth-order valence-corrected chi connectivity index (χ4v) is 2.99. The lowest BCUT2D eigenvalue weighted by Gasteiger charge is -2.08. The summed E-state index contributed by atoms with van der Waals surface area (Å²) < 4.78 is 31.3. The summed E-state index contributed by atoms with van der Waals surface area (Å²) in [7, 11) is -2.00. The Labute approximate surface area is 112 Å². The zero-order valence-electron chi connectivity index (χ0n) is 10.1. The van der Waals surface area contributed by atoms with Gasteiger partial charge in [-0.1, -0.05) is 11.6 Å². The molecular formula is C11H17ClN2O3S. The molecule has 1 rings (SSSR count). The predicted molar refractivity (Wildman–Crippen MR) is 72.2 cm³/mol. The number of nitrogens with one attached hydrogen (secondary N) is 1. The SMILES string of the molecule is COCCCCNS(=O)(=O)c1cc(N)ccc1Cl. The van der Waals surface area contributed by atoms with Gasteiger partial charge >= 0.3 is 0 Å². The van der Waals surface area contributed by atoms with Gasteiger partial charge in [0.2, 0.25) is 10.0 Å². The van der Waals surface area contributed by atoms with Gasteiger partial charge in [0.15, 0.2) is 0 Å². The third kappa shape index (κ3) is 4.45. The molecule has 0 saturated carbocycles. The van der Waals surface area contributed by atoms with E-state index in [0.29, 0.717) is 25.3 Å². The van der Waals surface area contributed by atoms with Crippen LogP contribution in [0.15, 0.2) is 23.1 Å². The molecule has 102 valence electrons. The summed E-state index contributed by atoms with van der Waals surface area (Å²) in [6, 6.07) is 4.37. The maximum absolute atomic E-state index is 12.0. The van der Waals surface area contributed by atoms with Crippen molar-refractivity contribution in [2.75, 3.05) is 26.0 Å². The Balaban J connectivity index is 2.66. The lowest BCUT2D eigenvalue weighted by molar-refractivity contribution is 0.193. The van der Waals surface area contributed by atoms with Crippen molar-refractivity contribution in [1.82, 2.24) is 4.72 Å². The minimum Gasteiger partial charge on any atom is -0.399 e. The molecular weight excluding hydrogens is 276 g/mol. The highest BCUT2D eigenvalue weighted by Crippen LogP contribution is 2.23. The van der Waals surface area contributed by atoms with Gasteiger partial charge in [0.25, 0.3) is 0 Å². The summed E-state index contributed by atoms with van der Waals surface area (Å²) >= 11 is 5.85. The van der Waals surface area contributed by atoms with Crippen LogP contribution in [0.3, 0.4) is 0 Å². The van der Waals surface area contributed by atoms with Crippen molar-refractivity contribution < 1.29 is 13.2 Å². The van der Waals surface area contributed by atoms with Crippen molar-refractivity contribution in [3.8, 4) is 0 Å². The molecule has 3 N–H and O–H groups in total. The van der Waals surface area contributed by atoms with E-state index in [9.17, 15) is 8.42 Å². The Bertz CT molecular complexity index is 491. The number of nitrogens with two attached hydrogens (primary N) is 1. The van der Waals surface area contributed by atoms with Crippen molar-refractivity contribution in [3.63, 3.8) is 0 Å². The van der Waals surface area contributed by atoms with E-state index in [0.717, 1.165) is 6.42 Å². The Morgan fingerprint density at radius 3 is 2.78 bits per heavy atom. The van der Waals surface area contributed by atoms with Crippen molar-refractivity contribution in [1.29, 1.82) is 0 Å². The number of benzene rings is 1. The predicted octanol–water partition coefficient (Wildman–Crippen LogP) is 1.63. The largest absolute Gasteiger partial charge is 0.399 e. The summed E-state index contributed by atoms with van der Waals surface area (Å²) in [6.45, 7) is 0.956. The topological polar surface area (TPSA) is 81.4 Å². The molecule has 0 aromatic heterocycles. The van der Waals surface area contributed by atoms with Gasteiger partial charge < -0.3 is 10.5 Å². The summed E-state index contributed by atoms with van der Waals surface area (Å²) in [4.78, 5) is 0.0101. The van der Waals surface area contributed by atoms with E-state index >= 15 is 0 Å². The molecule has 1 aromatic rings. The Hall–Kier alpha value is -0.820. The van der Waals surface area contributed by atoms with Gasteiger partial charge in [-0.3, -0.25) is 0 Å². The second kappa shape index (κ2) is 6.94. The summed E-state index contributed by atoms with van der Waals surface area (Å²) in [5.41, 5.74) is 5.91. The normalized spacial score (nSPS) is 11.7. The smallest absolute Gasteiger partial charge is 0.242 e. The highest BCUT2D eigenvalue weighted by molar-refractivity contribution is 7.89. The number of anilines is 1. The minimum atomic E-state index is -3.60. The van der Waals surface area contributed by atoms with Crippen molar-refractivity contribution >= 4 is 27.3 Å². The summed E-state index contributed by atoms with van der Waals surface area (Å²) in [5.74, 6) is 0. The van der Waals surface area contributed by atoms with Crippen molar-refractivity contribution in [2.45, 2.75) is 17.7 Å². The average molecular weight is 293 g/mol. The molecule has 0 saturated heterocycles.